The minimum atomic E-state index is 1.02. The largest absolute Gasteiger partial charge is 0.370 e. The third-order valence-electron chi connectivity index (χ3n) is 2.72. The molecule has 0 unspecified atom stereocenters. The fraction of sp³-hybridized carbons (Fsp3) is 0.308. The quantitative estimate of drug-likeness (QED) is 0.757. The Labute approximate surface area is 90.6 Å². The lowest BCUT2D eigenvalue weighted by atomic mass is 10.2. The van der Waals surface area contributed by atoms with E-state index in [0.29, 0.717) is 0 Å². The van der Waals surface area contributed by atoms with Crippen molar-refractivity contribution in [2.75, 3.05) is 18.0 Å². The molecule has 0 saturated heterocycles. The first-order chi connectivity index (χ1) is 7.36. The zero-order valence-electron chi connectivity index (χ0n) is 9.27. The number of para-hydroxylation sites is 1. The molecule has 0 fully saturated rings. The van der Waals surface area contributed by atoms with Gasteiger partial charge in [-0.2, -0.15) is 0 Å². The molecule has 2 rings (SSSR count). The lowest BCUT2D eigenvalue weighted by molar-refractivity contribution is 0.869. The zero-order valence-corrected chi connectivity index (χ0v) is 9.27. The van der Waals surface area contributed by atoms with Gasteiger partial charge in [0.15, 0.2) is 0 Å². The van der Waals surface area contributed by atoms with Crippen LogP contribution < -0.4 is 4.90 Å². The molecule has 0 amide bonds. The average molecular weight is 200 g/mol. The first-order valence-corrected chi connectivity index (χ1v) is 5.45. The highest BCUT2D eigenvalue weighted by Gasteiger charge is 2.06. The van der Waals surface area contributed by atoms with Crippen molar-refractivity contribution in [2.24, 2.45) is 0 Å². The molecular weight excluding hydrogens is 184 g/mol. The van der Waals surface area contributed by atoms with Gasteiger partial charge in [-0.05, 0) is 26.0 Å². The Morgan fingerprint density at radius 2 is 1.80 bits per heavy atom. The molecule has 78 valence electrons. The van der Waals surface area contributed by atoms with Crippen LogP contribution in [0.2, 0.25) is 0 Å². The average Bonchev–Trinajstić information content (AvgIpc) is 2.31. The van der Waals surface area contributed by atoms with Crippen LogP contribution in [-0.2, 0) is 0 Å². The Morgan fingerprint density at radius 1 is 1.07 bits per heavy atom. The van der Waals surface area contributed by atoms with Gasteiger partial charge in [-0.25, -0.2) is 0 Å². The van der Waals surface area contributed by atoms with Crippen molar-refractivity contribution in [1.82, 2.24) is 4.98 Å². The summed E-state index contributed by atoms with van der Waals surface area (Å²) in [6.45, 7) is 6.38. The number of anilines is 1. The molecule has 2 nitrogen and oxygen atoms in total. The predicted molar refractivity (Wildman–Crippen MR) is 65.3 cm³/mol. The van der Waals surface area contributed by atoms with E-state index in [4.69, 9.17) is 0 Å². The highest BCUT2D eigenvalue weighted by Crippen LogP contribution is 2.24. The summed E-state index contributed by atoms with van der Waals surface area (Å²) in [6.07, 6.45) is 1.86. The molecule has 15 heavy (non-hydrogen) atoms. The fourth-order valence-electron chi connectivity index (χ4n) is 1.91. The summed E-state index contributed by atoms with van der Waals surface area (Å²) in [6, 6.07) is 10.4. The Kier molecular flexibility index (Phi) is 2.86. The molecule has 1 aromatic heterocycles. The van der Waals surface area contributed by atoms with Crippen LogP contribution in [0.4, 0.5) is 5.69 Å². The number of fused-ring (bicyclic) bond motifs is 1. The number of pyridine rings is 1. The van der Waals surface area contributed by atoms with Gasteiger partial charge in [0.05, 0.1) is 11.2 Å². The molecule has 0 atom stereocenters. The minimum Gasteiger partial charge on any atom is -0.370 e. The van der Waals surface area contributed by atoms with Crippen LogP contribution in [0.15, 0.2) is 36.5 Å². The summed E-state index contributed by atoms with van der Waals surface area (Å²) >= 11 is 0. The minimum absolute atomic E-state index is 1.02. The van der Waals surface area contributed by atoms with Gasteiger partial charge < -0.3 is 4.90 Å². The Hall–Kier alpha value is -1.57. The van der Waals surface area contributed by atoms with E-state index in [9.17, 15) is 0 Å². The van der Waals surface area contributed by atoms with Crippen LogP contribution in [0.3, 0.4) is 0 Å². The number of rotatable bonds is 3. The number of hydrogen-bond acceptors (Lipinski definition) is 2. The number of aromatic nitrogens is 1. The van der Waals surface area contributed by atoms with Gasteiger partial charge in [-0.15, -0.1) is 0 Å². The summed E-state index contributed by atoms with van der Waals surface area (Å²) in [5.41, 5.74) is 2.34. The van der Waals surface area contributed by atoms with Gasteiger partial charge in [0.25, 0.3) is 0 Å². The van der Waals surface area contributed by atoms with Crippen molar-refractivity contribution in [3.63, 3.8) is 0 Å². The first kappa shape index (κ1) is 9.97. The van der Waals surface area contributed by atoms with E-state index in [0.717, 1.165) is 18.6 Å². The van der Waals surface area contributed by atoms with Crippen LogP contribution in [0, 0.1) is 0 Å². The van der Waals surface area contributed by atoms with Crippen molar-refractivity contribution < 1.29 is 0 Å². The predicted octanol–water partition coefficient (Wildman–Crippen LogP) is 3.08. The molecule has 2 aromatic rings. The highest BCUT2D eigenvalue weighted by molar-refractivity contribution is 5.90. The Bertz CT molecular complexity index is 442. The SMILES string of the molecule is CCN(CC)c1cccc2cccnc12. The van der Waals surface area contributed by atoms with Gasteiger partial charge >= 0.3 is 0 Å². The van der Waals surface area contributed by atoms with E-state index < -0.39 is 0 Å². The molecule has 0 spiro atoms. The van der Waals surface area contributed by atoms with Gasteiger partial charge in [0.1, 0.15) is 0 Å². The maximum Gasteiger partial charge on any atom is 0.0935 e. The van der Waals surface area contributed by atoms with Crippen molar-refractivity contribution in [2.45, 2.75) is 13.8 Å². The monoisotopic (exact) mass is 200 g/mol. The summed E-state index contributed by atoms with van der Waals surface area (Å²) in [4.78, 5) is 6.78. The molecule has 0 aliphatic heterocycles. The molecule has 0 N–H and O–H groups in total. The first-order valence-electron chi connectivity index (χ1n) is 5.45. The molecule has 2 heteroatoms. The van der Waals surface area contributed by atoms with Gasteiger partial charge in [-0.1, -0.05) is 18.2 Å². The zero-order chi connectivity index (χ0) is 10.7. The van der Waals surface area contributed by atoms with Gasteiger partial charge in [0, 0.05) is 24.7 Å². The fourth-order valence-corrected chi connectivity index (χ4v) is 1.91. The highest BCUT2D eigenvalue weighted by atomic mass is 15.1. The third-order valence-corrected chi connectivity index (χ3v) is 2.72. The molecule has 0 aliphatic rings. The maximum absolute atomic E-state index is 4.46. The normalized spacial score (nSPS) is 10.5. The van der Waals surface area contributed by atoms with Crippen molar-refractivity contribution >= 4 is 16.6 Å². The van der Waals surface area contributed by atoms with Crippen molar-refractivity contribution in [3.8, 4) is 0 Å². The number of nitrogens with zero attached hydrogens (tertiary/aromatic N) is 2. The molecule has 0 radical (unpaired) electrons. The van der Waals surface area contributed by atoms with Gasteiger partial charge in [0.2, 0.25) is 0 Å². The molecular formula is C13H16N2. The summed E-state index contributed by atoms with van der Waals surface area (Å²) in [7, 11) is 0. The molecule has 1 aromatic carbocycles. The van der Waals surface area contributed by atoms with E-state index in [2.05, 4.69) is 48.0 Å². The molecule has 0 bridgehead atoms. The van der Waals surface area contributed by atoms with Crippen molar-refractivity contribution in [1.29, 1.82) is 0 Å². The van der Waals surface area contributed by atoms with Crippen LogP contribution in [-0.4, -0.2) is 18.1 Å². The summed E-state index contributed by atoms with van der Waals surface area (Å²) in [5, 5.41) is 1.21. The molecule has 1 heterocycles. The standard InChI is InChI=1S/C13H16N2/c1-3-15(4-2)12-9-5-7-11-8-6-10-14-13(11)12/h5-10H,3-4H2,1-2H3. The smallest absolute Gasteiger partial charge is 0.0935 e. The van der Waals surface area contributed by atoms with Crippen LogP contribution in [0.25, 0.3) is 10.9 Å². The Balaban J connectivity index is 2.59. The van der Waals surface area contributed by atoms with Gasteiger partial charge in [-0.3, -0.25) is 4.98 Å². The topological polar surface area (TPSA) is 16.1 Å². The molecule has 0 aliphatic carbocycles. The van der Waals surface area contributed by atoms with Crippen LogP contribution in [0.5, 0.6) is 0 Å². The summed E-state index contributed by atoms with van der Waals surface area (Å²) < 4.78 is 0. The summed E-state index contributed by atoms with van der Waals surface area (Å²) in [5.74, 6) is 0. The Morgan fingerprint density at radius 3 is 2.53 bits per heavy atom. The second-order valence-electron chi connectivity index (χ2n) is 3.52. The lowest BCUT2D eigenvalue weighted by Gasteiger charge is -2.21. The lowest BCUT2D eigenvalue weighted by Crippen LogP contribution is -2.22. The second kappa shape index (κ2) is 4.30. The number of benzene rings is 1. The van der Waals surface area contributed by atoms with Crippen molar-refractivity contribution in [3.05, 3.63) is 36.5 Å². The van der Waals surface area contributed by atoms with E-state index in [1.807, 2.05) is 12.3 Å². The van der Waals surface area contributed by atoms with E-state index in [1.165, 1.54) is 11.1 Å². The third kappa shape index (κ3) is 1.80. The van der Waals surface area contributed by atoms with E-state index in [1.54, 1.807) is 0 Å². The van der Waals surface area contributed by atoms with E-state index >= 15 is 0 Å². The number of hydrogen-bond donors (Lipinski definition) is 0. The van der Waals surface area contributed by atoms with Crippen LogP contribution >= 0.6 is 0 Å². The second-order valence-corrected chi connectivity index (χ2v) is 3.52. The molecule has 0 saturated carbocycles. The van der Waals surface area contributed by atoms with E-state index in [-0.39, 0.29) is 0 Å². The maximum atomic E-state index is 4.46. The van der Waals surface area contributed by atoms with Crippen LogP contribution in [0.1, 0.15) is 13.8 Å².